The third kappa shape index (κ3) is 4.57. The van der Waals surface area contributed by atoms with Crippen molar-refractivity contribution in [2.24, 2.45) is 0 Å². The molecule has 0 saturated heterocycles. The number of nitrogens with one attached hydrogen (secondary N) is 1. The van der Waals surface area contributed by atoms with E-state index in [-0.39, 0.29) is 17.6 Å². The lowest BCUT2D eigenvalue weighted by atomic mass is 10.2. The molecule has 1 aromatic heterocycles. The van der Waals surface area contributed by atoms with Crippen molar-refractivity contribution >= 4 is 11.9 Å². The number of hydrogen-bond acceptors (Lipinski definition) is 5. The van der Waals surface area contributed by atoms with Crippen molar-refractivity contribution in [3.8, 4) is 0 Å². The van der Waals surface area contributed by atoms with Gasteiger partial charge in [-0.05, 0) is 19.8 Å². The second kappa shape index (κ2) is 7.47. The van der Waals surface area contributed by atoms with Crippen LogP contribution >= 0.6 is 0 Å². The minimum Gasteiger partial charge on any atom is -0.469 e. The number of nitrogens with zero attached hydrogens (tertiary/aromatic N) is 1. The highest BCUT2D eigenvalue weighted by Crippen LogP contribution is 2.05. The minimum absolute atomic E-state index is 0.198. The summed E-state index contributed by atoms with van der Waals surface area (Å²) in [4.78, 5) is 22.4. The average molecular weight is 254 g/mol. The van der Waals surface area contributed by atoms with E-state index < -0.39 is 0 Å². The molecule has 0 spiro atoms. The van der Waals surface area contributed by atoms with Crippen molar-refractivity contribution in [3.05, 3.63) is 17.5 Å². The molecular weight excluding hydrogens is 236 g/mol. The molecule has 0 aliphatic carbocycles. The zero-order chi connectivity index (χ0) is 13.4. The first-order valence-corrected chi connectivity index (χ1v) is 5.91. The molecule has 0 atom stereocenters. The Morgan fingerprint density at radius 2 is 2.17 bits per heavy atom. The molecule has 1 rings (SSSR count). The quantitative estimate of drug-likeness (QED) is 0.588. The molecule has 6 heteroatoms. The maximum Gasteiger partial charge on any atom is 0.305 e. The molecule has 0 radical (unpaired) electrons. The Hall–Kier alpha value is -1.85. The Labute approximate surface area is 106 Å². The third-order valence-electron chi connectivity index (χ3n) is 2.53. The molecule has 0 fully saturated rings. The summed E-state index contributed by atoms with van der Waals surface area (Å²) in [7, 11) is 1.38. The number of amides is 1. The summed E-state index contributed by atoms with van der Waals surface area (Å²) < 4.78 is 9.36. The van der Waals surface area contributed by atoms with Gasteiger partial charge < -0.3 is 14.6 Å². The first-order chi connectivity index (χ1) is 8.65. The largest absolute Gasteiger partial charge is 0.469 e. The normalized spacial score (nSPS) is 10.1. The van der Waals surface area contributed by atoms with E-state index in [0.717, 1.165) is 24.8 Å². The fraction of sp³-hybridized carbons (Fsp3) is 0.583. The van der Waals surface area contributed by atoms with E-state index in [1.54, 1.807) is 6.92 Å². The molecule has 0 aliphatic heterocycles. The maximum absolute atomic E-state index is 11.6. The van der Waals surface area contributed by atoms with Gasteiger partial charge in [0.15, 0.2) is 0 Å². The van der Waals surface area contributed by atoms with Gasteiger partial charge in [-0.15, -0.1) is 0 Å². The van der Waals surface area contributed by atoms with Gasteiger partial charge in [-0.3, -0.25) is 9.59 Å². The van der Waals surface area contributed by atoms with Crippen LogP contribution in [0.5, 0.6) is 0 Å². The zero-order valence-corrected chi connectivity index (χ0v) is 10.7. The molecule has 1 heterocycles. The van der Waals surface area contributed by atoms with Gasteiger partial charge in [0.1, 0.15) is 0 Å². The Kier molecular flexibility index (Phi) is 5.90. The Balaban J connectivity index is 2.10. The predicted octanol–water partition coefficient (Wildman–Crippen LogP) is 1.45. The van der Waals surface area contributed by atoms with Crippen molar-refractivity contribution in [1.82, 2.24) is 10.5 Å². The van der Waals surface area contributed by atoms with E-state index in [2.05, 4.69) is 15.2 Å². The van der Waals surface area contributed by atoms with Crippen LogP contribution in [0.2, 0.25) is 0 Å². The molecule has 0 aromatic carbocycles. The molecule has 0 saturated carbocycles. The number of ether oxygens (including phenoxy) is 1. The molecule has 6 nitrogen and oxygen atoms in total. The monoisotopic (exact) mass is 254 g/mol. The van der Waals surface area contributed by atoms with Crippen molar-refractivity contribution in [2.45, 2.75) is 32.6 Å². The first-order valence-electron chi connectivity index (χ1n) is 5.91. The topological polar surface area (TPSA) is 81.4 Å². The van der Waals surface area contributed by atoms with E-state index in [4.69, 9.17) is 4.52 Å². The van der Waals surface area contributed by atoms with E-state index in [9.17, 15) is 9.59 Å². The smallest absolute Gasteiger partial charge is 0.305 e. The number of unbranched alkanes of at least 4 members (excludes halogenated alkanes) is 2. The summed E-state index contributed by atoms with van der Waals surface area (Å²) in [5, 5.41) is 6.28. The third-order valence-corrected chi connectivity index (χ3v) is 2.53. The number of esters is 1. The second-order valence-corrected chi connectivity index (χ2v) is 3.98. The van der Waals surface area contributed by atoms with Crippen molar-refractivity contribution in [3.63, 3.8) is 0 Å². The van der Waals surface area contributed by atoms with Crippen molar-refractivity contribution < 1.29 is 18.8 Å². The van der Waals surface area contributed by atoms with Crippen molar-refractivity contribution in [2.75, 3.05) is 13.7 Å². The van der Waals surface area contributed by atoms with Gasteiger partial charge in [0, 0.05) is 18.5 Å². The molecule has 1 amide bonds. The number of aryl methyl sites for hydroxylation is 1. The number of methoxy groups -OCH3 is 1. The van der Waals surface area contributed by atoms with Crippen LogP contribution < -0.4 is 5.32 Å². The Morgan fingerprint density at radius 3 is 2.78 bits per heavy atom. The lowest BCUT2D eigenvalue weighted by molar-refractivity contribution is -0.140. The lowest BCUT2D eigenvalue weighted by Crippen LogP contribution is -2.24. The van der Waals surface area contributed by atoms with E-state index >= 15 is 0 Å². The number of carbonyl (C=O) groups is 2. The maximum atomic E-state index is 11.6. The van der Waals surface area contributed by atoms with E-state index in [1.165, 1.54) is 13.3 Å². The van der Waals surface area contributed by atoms with Gasteiger partial charge in [-0.2, -0.15) is 0 Å². The van der Waals surface area contributed by atoms with Crippen LogP contribution in [0.3, 0.4) is 0 Å². The predicted molar refractivity (Wildman–Crippen MR) is 64.1 cm³/mol. The number of rotatable bonds is 7. The van der Waals surface area contributed by atoms with E-state index in [1.807, 2.05) is 0 Å². The van der Waals surface area contributed by atoms with Crippen LogP contribution in [-0.2, 0) is 9.53 Å². The van der Waals surface area contributed by atoms with Gasteiger partial charge in [-0.25, -0.2) is 0 Å². The van der Waals surface area contributed by atoms with Crippen LogP contribution in [0.15, 0.2) is 10.7 Å². The molecule has 100 valence electrons. The fourth-order valence-electron chi connectivity index (χ4n) is 1.46. The molecule has 1 N–H and O–H groups in total. The van der Waals surface area contributed by atoms with Gasteiger partial charge in [0.05, 0.1) is 13.3 Å². The Bertz CT molecular complexity index is 401. The van der Waals surface area contributed by atoms with Crippen LogP contribution in [0, 0.1) is 6.92 Å². The van der Waals surface area contributed by atoms with Gasteiger partial charge >= 0.3 is 5.97 Å². The highest BCUT2D eigenvalue weighted by Gasteiger charge is 2.12. The first kappa shape index (κ1) is 14.2. The lowest BCUT2D eigenvalue weighted by Gasteiger charge is -2.03. The fourth-order valence-corrected chi connectivity index (χ4v) is 1.46. The second-order valence-electron chi connectivity index (χ2n) is 3.98. The highest BCUT2D eigenvalue weighted by atomic mass is 16.5. The zero-order valence-electron chi connectivity index (χ0n) is 10.7. The van der Waals surface area contributed by atoms with Crippen LogP contribution in [0.25, 0.3) is 0 Å². The molecule has 1 aromatic rings. The van der Waals surface area contributed by atoms with Gasteiger partial charge in [-0.1, -0.05) is 11.6 Å². The number of aromatic nitrogens is 1. The molecule has 0 aliphatic rings. The molecule has 18 heavy (non-hydrogen) atoms. The molecule has 0 unspecified atom stereocenters. The van der Waals surface area contributed by atoms with E-state index in [0.29, 0.717) is 13.0 Å². The average Bonchev–Trinajstić information content (AvgIpc) is 2.79. The minimum atomic E-state index is -0.252. The summed E-state index contributed by atoms with van der Waals surface area (Å²) in [5.74, 6) is -0.196. The summed E-state index contributed by atoms with van der Waals surface area (Å²) in [6, 6.07) is 0. The number of carbonyl (C=O) groups excluding carboxylic acids is 2. The SMILES string of the molecule is COC(=O)CCCCCNC(=O)c1oncc1C. The van der Waals surface area contributed by atoms with Crippen LogP contribution in [-0.4, -0.2) is 30.7 Å². The van der Waals surface area contributed by atoms with Crippen LogP contribution in [0.4, 0.5) is 0 Å². The molecular formula is C12H18N2O4. The highest BCUT2D eigenvalue weighted by molar-refractivity contribution is 5.92. The summed E-state index contributed by atoms with van der Waals surface area (Å²) in [6.45, 7) is 2.32. The summed E-state index contributed by atoms with van der Waals surface area (Å²) in [6.07, 6.45) is 4.38. The number of hydrogen-bond donors (Lipinski definition) is 1. The Morgan fingerprint density at radius 1 is 1.39 bits per heavy atom. The standard InChI is InChI=1S/C12H18N2O4/c1-9-8-14-18-11(9)12(16)13-7-5-3-4-6-10(15)17-2/h8H,3-7H2,1-2H3,(H,13,16). The van der Waals surface area contributed by atoms with Crippen LogP contribution in [0.1, 0.15) is 41.8 Å². The van der Waals surface area contributed by atoms with Gasteiger partial charge in [0.2, 0.25) is 5.76 Å². The molecule has 0 bridgehead atoms. The van der Waals surface area contributed by atoms with Crippen molar-refractivity contribution in [1.29, 1.82) is 0 Å². The summed E-state index contributed by atoms with van der Waals surface area (Å²) >= 11 is 0. The summed E-state index contributed by atoms with van der Waals surface area (Å²) in [5.41, 5.74) is 0.721. The van der Waals surface area contributed by atoms with Gasteiger partial charge in [0.25, 0.3) is 5.91 Å².